The minimum atomic E-state index is 1.01. The summed E-state index contributed by atoms with van der Waals surface area (Å²) in [6.07, 6.45) is 1.14. The molecule has 16 heavy (non-hydrogen) atoms. The molecule has 3 rings (SSSR count). The Bertz CT molecular complexity index is 356. The average molecular weight is 215 g/mol. The van der Waals surface area contributed by atoms with Gasteiger partial charge in [0.25, 0.3) is 0 Å². The lowest BCUT2D eigenvalue weighted by atomic mass is 10.1. The summed E-state index contributed by atoms with van der Waals surface area (Å²) in [5, 5.41) is 0. The van der Waals surface area contributed by atoms with Gasteiger partial charge in [0.1, 0.15) is 0 Å². The van der Waals surface area contributed by atoms with E-state index in [1.54, 1.807) is 0 Å². The molecule has 1 aliphatic carbocycles. The Hall–Kier alpha value is -0.820. The summed E-state index contributed by atoms with van der Waals surface area (Å²) < 4.78 is 0. The van der Waals surface area contributed by atoms with E-state index in [2.05, 4.69) is 43.0 Å². The van der Waals surface area contributed by atoms with Crippen LogP contribution in [0.4, 0.5) is 0 Å². The molecule has 1 saturated carbocycles. The molecule has 0 radical (unpaired) electrons. The Morgan fingerprint density at radius 1 is 1.06 bits per heavy atom. The van der Waals surface area contributed by atoms with Gasteiger partial charge in [-0.05, 0) is 35.3 Å². The molecule has 1 aromatic carbocycles. The third kappa shape index (κ3) is 1.78. The van der Waals surface area contributed by atoms with E-state index in [9.17, 15) is 0 Å². The quantitative estimate of drug-likeness (QED) is 0.749. The highest BCUT2D eigenvalue weighted by Crippen LogP contribution is 2.51. The van der Waals surface area contributed by atoms with Gasteiger partial charge in [-0.2, -0.15) is 0 Å². The maximum absolute atomic E-state index is 2.62. The molecule has 0 N–H and O–H groups in total. The van der Waals surface area contributed by atoms with Gasteiger partial charge in [0.05, 0.1) is 0 Å². The van der Waals surface area contributed by atoms with Gasteiger partial charge in [0.15, 0.2) is 0 Å². The first-order valence-electron chi connectivity index (χ1n) is 6.58. The second-order valence-corrected chi connectivity index (χ2v) is 5.55. The van der Waals surface area contributed by atoms with Crippen LogP contribution in [0.5, 0.6) is 0 Å². The zero-order chi connectivity index (χ0) is 11.1. The number of rotatable bonds is 3. The van der Waals surface area contributed by atoms with Crippen molar-refractivity contribution < 1.29 is 0 Å². The second-order valence-electron chi connectivity index (χ2n) is 5.55. The molecule has 0 spiro atoms. The summed E-state index contributed by atoms with van der Waals surface area (Å²) in [6.45, 7) is 8.44. The van der Waals surface area contributed by atoms with Gasteiger partial charge in [-0.25, -0.2) is 0 Å². The summed E-state index contributed by atoms with van der Waals surface area (Å²) in [4.78, 5) is 2.62. The van der Waals surface area contributed by atoms with Gasteiger partial charge in [-0.15, -0.1) is 0 Å². The number of likely N-dealkylation sites (tertiary alicyclic amines) is 1. The standard InChI is InChI=1S/C15H21N/c1-3-12-4-6-13(7-5-12)8-16-9-14-11(2)15(14)10-16/h4-7,11,14-15H,3,8-10H2,1-2H3. The van der Waals surface area contributed by atoms with Crippen molar-refractivity contribution in [1.29, 1.82) is 0 Å². The van der Waals surface area contributed by atoms with Gasteiger partial charge >= 0.3 is 0 Å². The lowest BCUT2D eigenvalue weighted by Crippen LogP contribution is -2.23. The van der Waals surface area contributed by atoms with Crippen LogP contribution in [0.25, 0.3) is 0 Å². The summed E-state index contributed by atoms with van der Waals surface area (Å²) in [5.74, 6) is 3.06. The van der Waals surface area contributed by atoms with Crippen LogP contribution in [0, 0.1) is 17.8 Å². The van der Waals surface area contributed by atoms with Crippen LogP contribution in [0.2, 0.25) is 0 Å². The minimum Gasteiger partial charge on any atom is -0.298 e. The molecular formula is C15H21N. The number of benzene rings is 1. The van der Waals surface area contributed by atoms with Crippen molar-refractivity contribution in [2.75, 3.05) is 13.1 Å². The fraction of sp³-hybridized carbons (Fsp3) is 0.600. The summed E-state index contributed by atoms with van der Waals surface area (Å²) in [7, 11) is 0. The van der Waals surface area contributed by atoms with Crippen molar-refractivity contribution in [2.45, 2.75) is 26.8 Å². The van der Waals surface area contributed by atoms with Crippen LogP contribution in [0.1, 0.15) is 25.0 Å². The number of nitrogens with zero attached hydrogens (tertiary/aromatic N) is 1. The molecule has 0 amide bonds. The third-order valence-electron chi connectivity index (χ3n) is 4.54. The number of hydrogen-bond donors (Lipinski definition) is 0. The van der Waals surface area contributed by atoms with Crippen LogP contribution >= 0.6 is 0 Å². The maximum Gasteiger partial charge on any atom is 0.0233 e. The summed E-state index contributed by atoms with van der Waals surface area (Å²) >= 11 is 0. The molecule has 1 nitrogen and oxygen atoms in total. The topological polar surface area (TPSA) is 3.24 Å². The van der Waals surface area contributed by atoms with E-state index in [0.717, 1.165) is 30.7 Å². The van der Waals surface area contributed by atoms with Crippen LogP contribution in [0.3, 0.4) is 0 Å². The highest BCUT2D eigenvalue weighted by molar-refractivity contribution is 5.22. The van der Waals surface area contributed by atoms with Gasteiger partial charge in [-0.3, -0.25) is 4.90 Å². The van der Waals surface area contributed by atoms with E-state index in [1.807, 2.05) is 0 Å². The first-order valence-corrected chi connectivity index (χ1v) is 6.58. The number of fused-ring (bicyclic) bond motifs is 1. The van der Waals surface area contributed by atoms with Gasteiger partial charge in [-0.1, -0.05) is 38.1 Å². The van der Waals surface area contributed by atoms with E-state index < -0.39 is 0 Å². The van der Waals surface area contributed by atoms with Crippen molar-refractivity contribution in [2.24, 2.45) is 17.8 Å². The molecule has 2 unspecified atom stereocenters. The fourth-order valence-corrected chi connectivity index (χ4v) is 3.18. The Labute approximate surface area is 98.5 Å². The third-order valence-corrected chi connectivity index (χ3v) is 4.54. The first-order chi connectivity index (χ1) is 7.78. The molecule has 1 heterocycles. The predicted octanol–water partition coefficient (Wildman–Crippen LogP) is 2.95. The predicted molar refractivity (Wildman–Crippen MR) is 67.2 cm³/mol. The molecule has 1 aromatic rings. The molecular weight excluding hydrogens is 194 g/mol. The van der Waals surface area contributed by atoms with E-state index in [0.29, 0.717) is 0 Å². The van der Waals surface area contributed by atoms with Crippen molar-refractivity contribution in [3.8, 4) is 0 Å². The highest BCUT2D eigenvalue weighted by atomic mass is 15.2. The maximum atomic E-state index is 2.62. The fourth-order valence-electron chi connectivity index (χ4n) is 3.18. The SMILES string of the molecule is CCc1ccc(CN2CC3C(C)C3C2)cc1. The molecule has 2 atom stereocenters. The number of aryl methyl sites for hydroxylation is 1. The molecule has 2 aliphatic rings. The average Bonchev–Trinajstić information content (AvgIpc) is 2.77. The van der Waals surface area contributed by atoms with Crippen molar-refractivity contribution >= 4 is 0 Å². The summed E-state index contributed by atoms with van der Waals surface area (Å²) in [5.41, 5.74) is 2.92. The zero-order valence-corrected chi connectivity index (χ0v) is 10.3. The molecule has 86 valence electrons. The minimum absolute atomic E-state index is 1.01. The monoisotopic (exact) mass is 215 g/mol. The van der Waals surface area contributed by atoms with Gasteiger partial charge in [0.2, 0.25) is 0 Å². The zero-order valence-electron chi connectivity index (χ0n) is 10.3. The Morgan fingerprint density at radius 2 is 1.62 bits per heavy atom. The van der Waals surface area contributed by atoms with Gasteiger partial charge in [0, 0.05) is 19.6 Å². The second kappa shape index (κ2) is 3.89. The Balaban J connectivity index is 1.58. The molecule has 1 saturated heterocycles. The first kappa shape index (κ1) is 10.3. The van der Waals surface area contributed by atoms with Crippen LogP contribution in [-0.2, 0) is 13.0 Å². The number of hydrogen-bond acceptors (Lipinski definition) is 1. The molecule has 2 fully saturated rings. The highest BCUT2D eigenvalue weighted by Gasteiger charge is 2.52. The van der Waals surface area contributed by atoms with Crippen LogP contribution in [-0.4, -0.2) is 18.0 Å². The van der Waals surface area contributed by atoms with Gasteiger partial charge < -0.3 is 0 Å². The number of piperidine rings is 1. The molecule has 0 aromatic heterocycles. The van der Waals surface area contributed by atoms with E-state index in [4.69, 9.17) is 0 Å². The summed E-state index contributed by atoms with van der Waals surface area (Å²) in [6, 6.07) is 9.14. The largest absolute Gasteiger partial charge is 0.298 e. The van der Waals surface area contributed by atoms with E-state index in [-0.39, 0.29) is 0 Å². The normalized spacial score (nSPS) is 32.8. The Kier molecular flexibility index (Phi) is 2.51. The van der Waals surface area contributed by atoms with Crippen LogP contribution in [0.15, 0.2) is 24.3 Å². The van der Waals surface area contributed by atoms with Crippen molar-refractivity contribution in [1.82, 2.24) is 4.90 Å². The van der Waals surface area contributed by atoms with Crippen molar-refractivity contribution in [3.05, 3.63) is 35.4 Å². The molecule has 1 heteroatoms. The lowest BCUT2D eigenvalue weighted by Gasteiger charge is -2.18. The smallest absolute Gasteiger partial charge is 0.0233 e. The lowest BCUT2D eigenvalue weighted by molar-refractivity contribution is 0.281. The van der Waals surface area contributed by atoms with Crippen LogP contribution < -0.4 is 0 Å². The molecule has 1 aliphatic heterocycles. The van der Waals surface area contributed by atoms with E-state index >= 15 is 0 Å². The Morgan fingerprint density at radius 3 is 2.19 bits per heavy atom. The molecule has 0 bridgehead atoms. The van der Waals surface area contributed by atoms with E-state index in [1.165, 1.54) is 24.2 Å². The van der Waals surface area contributed by atoms with Crippen molar-refractivity contribution in [3.63, 3.8) is 0 Å².